The molecule has 4 heteroatoms. The molecule has 0 amide bonds. The molecule has 1 aliphatic carbocycles. The van der Waals surface area contributed by atoms with Gasteiger partial charge in [0.1, 0.15) is 5.82 Å². The summed E-state index contributed by atoms with van der Waals surface area (Å²) < 4.78 is 0. The summed E-state index contributed by atoms with van der Waals surface area (Å²) in [7, 11) is 0. The molecule has 0 saturated heterocycles. The zero-order valence-electron chi connectivity index (χ0n) is 13.0. The van der Waals surface area contributed by atoms with E-state index in [1.54, 1.807) is 0 Å². The second-order valence-corrected chi connectivity index (χ2v) is 6.11. The van der Waals surface area contributed by atoms with Crippen LogP contribution < -0.4 is 0 Å². The van der Waals surface area contributed by atoms with Gasteiger partial charge in [0.15, 0.2) is 0 Å². The highest BCUT2D eigenvalue weighted by atomic mass is 15.2. The monoisotopic (exact) mass is 304 g/mol. The molecule has 0 atom stereocenters. The third-order valence-electron chi connectivity index (χ3n) is 4.28. The molecule has 1 saturated carbocycles. The molecule has 1 aromatic carbocycles. The Morgan fingerprint density at radius 1 is 1.04 bits per heavy atom. The van der Waals surface area contributed by atoms with Crippen LogP contribution in [-0.2, 0) is 13.1 Å². The van der Waals surface area contributed by atoms with Gasteiger partial charge in [-0.05, 0) is 41.7 Å². The third kappa shape index (κ3) is 3.48. The van der Waals surface area contributed by atoms with Gasteiger partial charge in [0.05, 0.1) is 6.54 Å². The molecule has 0 spiro atoms. The van der Waals surface area contributed by atoms with Crippen LogP contribution in [0.25, 0.3) is 11.1 Å². The summed E-state index contributed by atoms with van der Waals surface area (Å²) in [5.74, 6) is 1.04. The summed E-state index contributed by atoms with van der Waals surface area (Å²) >= 11 is 0. The summed E-state index contributed by atoms with van der Waals surface area (Å²) in [5, 5.41) is 0. The van der Waals surface area contributed by atoms with Crippen LogP contribution >= 0.6 is 0 Å². The summed E-state index contributed by atoms with van der Waals surface area (Å²) in [5.41, 5.74) is 3.73. The van der Waals surface area contributed by atoms with Crippen molar-refractivity contribution in [2.45, 2.75) is 32.0 Å². The number of hydrogen-bond donors (Lipinski definition) is 1. The average Bonchev–Trinajstić information content (AvgIpc) is 3.33. The van der Waals surface area contributed by atoms with Crippen molar-refractivity contribution in [1.29, 1.82) is 0 Å². The Morgan fingerprint density at radius 3 is 2.70 bits per heavy atom. The first kappa shape index (κ1) is 14.2. The molecular formula is C19H20N4. The molecule has 0 bridgehead atoms. The minimum absolute atomic E-state index is 0.696. The van der Waals surface area contributed by atoms with Crippen molar-refractivity contribution >= 4 is 0 Å². The Kier molecular flexibility index (Phi) is 3.90. The molecule has 2 heterocycles. The number of rotatable bonds is 6. The van der Waals surface area contributed by atoms with E-state index in [2.05, 4.69) is 50.2 Å². The molecule has 0 aliphatic heterocycles. The Balaban J connectivity index is 1.53. The second-order valence-electron chi connectivity index (χ2n) is 6.11. The first-order valence-electron chi connectivity index (χ1n) is 8.10. The van der Waals surface area contributed by atoms with Crippen molar-refractivity contribution < 1.29 is 0 Å². The van der Waals surface area contributed by atoms with Crippen LogP contribution in [-0.4, -0.2) is 25.9 Å². The van der Waals surface area contributed by atoms with Crippen molar-refractivity contribution in [3.8, 4) is 11.1 Å². The Labute approximate surface area is 136 Å². The van der Waals surface area contributed by atoms with E-state index in [0.717, 1.165) is 18.9 Å². The molecule has 1 fully saturated rings. The molecule has 2 aromatic heterocycles. The van der Waals surface area contributed by atoms with Crippen LogP contribution in [0.5, 0.6) is 0 Å². The second kappa shape index (κ2) is 6.34. The molecule has 4 rings (SSSR count). The Hall–Kier alpha value is -2.46. The van der Waals surface area contributed by atoms with Crippen LogP contribution in [0.4, 0.5) is 0 Å². The summed E-state index contributed by atoms with van der Waals surface area (Å²) in [6, 6.07) is 13.5. The van der Waals surface area contributed by atoms with E-state index < -0.39 is 0 Å². The quantitative estimate of drug-likeness (QED) is 0.756. The minimum Gasteiger partial charge on any atom is -0.348 e. The van der Waals surface area contributed by atoms with Crippen LogP contribution in [0.2, 0.25) is 0 Å². The maximum absolute atomic E-state index is 4.37. The number of nitrogens with zero attached hydrogens (tertiary/aromatic N) is 3. The van der Waals surface area contributed by atoms with Gasteiger partial charge in [-0.2, -0.15) is 0 Å². The minimum atomic E-state index is 0.696. The van der Waals surface area contributed by atoms with Crippen LogP contribution in [0, 0.1) is 0 Å². The highest BCUT2D eigenvalue weighted by Gasteiger charge is 2.29. The van der Waals surface area contributed by atoms with Gasteiger partial charge in [0.25, 0.3) is 0 Å². The average molecular weight is 304 g/mol. The van der Waals surface area contributed by atoms with Gasteiger partial charge in [0, 0.05) is 37.4 Å². The first-order valence-corrected chi connectivity index (χ1v) is 8.10. The van der Waals surface area contributed by atoms with Crippen molar-refractivity contribution in [3.05, 3.63) is 72.6 Å². The highest BCUT2D eigenvalue weighted by molar-refractivity contribution is 5.62. The van der Waals surface area contributed by atoms with Gasteiger partial charge in [0.2, 0.25) is 0 Å². The lowest BCUT2D eigenvalue weighted by atomic mass is 10.0. The van der Waals surface area contributed by atoms with E-state index in [1.165, 1.54) is 29.5 Å². The molecular weight excluding hydrogens is 284 g/mol. The first-order chi connectivity index (χ1) is 11.4. The molecule has 4 nitrogen and oxygen atoms in total. The number of H-pyrrole nitrogens is 1. The van der Waals surface area contributed by atoms with E-state index in [-0.39, 0.29) is 0 Å². The molecule has 3 aromatic rings. The number of nitrogens with one attached hydrogen (secondary N) is 1. The number of aromatic nitrogens is 3. The maximum atomic E-state index is 4.37. The number of benzene rings is 1. The largest absolute Gasteiger partial charge is 0.348 e. The number of hydrogen-bond acceptors (Lipinski definition) is 3. The van der Waals surface area contributed by atoms with Gasteiger partial charge in [-0.1, -0.05) is 24.3 Å². The summed E-state index contributed by atoms with van der Waals surface area (Å²) in [4.78, 5) is 14.3. The highest BCUT2D eigenvalue weighted by Crippen LogP contribution is 2.30. The maximum Gasteiger partial charge on any atom is 0.120 e. The molecule has 116 valence electrons. The lowest BCUT2D eigenvalue weighted by Gasteiger charge is -2.21. The van der Waals surface area contributed by atoms with Crippen molar-refractivity contribution in [2.75, 3.05) is 0 Å². The molecule has 1 aliphatic rings. The molecule has 23 heavy (non-hydrogen) atoms. The molecule has 1 N–H and O–H groups in total. The number of aromatic amines is 1. The summed E-state index contributed by atoms with van der Waals surface area (Å²) in [6.45, 7) is 1.84. The van der Waals surface area contributed by atoms with Crippen molar-refractivity contribution in [3.63, 3.8) is 0 Å². The van der Waals surface area contributed by atoms with Crippen molar-refractivity contribution in [1.82, 2.24) is 19.9 Å². The van der Waals surface area contributed by atoms with Crippen LogP contribution in [0.15, 0.2) is 61.2 Å². The van der Waals surface area contributed by atoms with Crippen LogP contribution in [0.1, 0.15) is 24.2 Å². The zero-order valence-corrected chi connectivity index (χ0v) is 13.0. The smallest absolute Gasteiger partial charge is 0.120 e. The van der Waals surface area contributed by atoms with E-state index in [1.807, 2.05) is 30.9 Å². The van der Waals surface area contributed by atoms with E-state index >= 15 is 0 Å². The summed E-state index contributed by atoms with van der Waals surface area (Å²) in [6.07, 6.45) is 10.0. The lowest BCUT2D eigenvalue weighted by molar-refractivity contribution is 0.240. The topological polar surface area (TPSA) is 44.8 Å². The standard InChI is InChI=1S/C19H20N4/c1-3-15(11-16(4-1)17-5-2-8-20-12-17)13-23(18-6-7-18)14-19-21-9-10-22-19/h1-5,8-12,18H,6-7,13-14H2,(H,21,22). The van der Waals surface area contributed by atoms with Gasteiger partial charge >= 0.3 is 0 Å². The Bertz CT molecular complexity index is 748. The fourth-order valence-corrected chi connectivity index (χ4v) is 2.95. The van der Waals surface area contributed by atoms with E-state index in [9.17, 15) is 0 Å². The fraction of sp³-hybridized carbons (Fsp3) is 0.263. The molecule has 0 unspecified atom stereocenters. The van der Waals surface area contributed by atoms with Gasteiger partial charge in [-0.15, -0.1) is 0 Å². The fourth-order valence-electron chi connectivity index (χ4n) is 2.95. The predicted octanol–water partition coefficient (Wildman–Crippen LogP) is 3.64. The van der Waals surface area contributed by atoms with Gasteiger partial charge in [-0.25, -0.2) is 4.98 Å². The predicted molar refractivity (Wildman–Crippen MR) is 90.5 cm³/mol. The van der Waals surface area contributed by atoms with E-state index in [4.69, 9.17) is 0 Å². The Morgan fingerprint density at radius 2 is 1.96 bits per heavy atom. The van der Waals surface area contributed by atoms with Crippen molar-refractivity contribution in [2.24, 2.45) is 0 Å². The zero-order chi connectivity index (χ0) is 15.5. The normalized spacial score (nSPS) is 14.3. The SMILES string of the molecule is c1cncc(-c2cccc(CN(Cc3ncc[nH]3)C3CC3)c2)c1. The lowest BCUT2D eigenvalue weighted by Crippen LogP contribution is -2.25. The van der Waals surface area contributed by atoms with E-state index in [0.29, 0.717) is 6.04 Å². The third-order valence-corrected chi connectivity index (χ3v) is 4.28. The van der Waals surface area contributed by atoms with Crippen LogP contribution in [0.3, 0.4) is 0 Å². The van der Waals surface area contributed by atoms with Gasteiger partial charge < -0.3 is 4.98 Å². The van der Waals surface area contributed by atoms with Gasteiger partial charge in [-0.3, -0.25) is 9.88 Å². The number of pyridine rings is 1. The molecule has 0 radical (unpaired) electrons. The number of imidazole rings is 1.